The average molecular weight is 814 g/mol. The summed E-state index contributed by atoms with van der Waals surface area (Å²) in [6.07, 6.45) is 54.5. The Morgan fingerprint density at radius 2 is 0.948 bits per heavy atom. The largest absolute Gasteiger partial charge is 0.462 e. The Labute approximate surface area is 359 Å². The number of aliphatic hydroxyl groups is 2. The molecule has 0 bridgehead atoms. The fourth-order valence-electron chi connectivity index (χ4n) is 7.42. The van der Waals surface area contributed by atoms with E-state index in [1.165, 1.54) is 116 Å². The van der Waals surface area contributed by atoms with E-state index < -0.39 is 18.2 Å². The first kappa shape index (κ1) is 55.8. The predicted molar refractivity (Wildman–Crippen MR) is 250 cm³/mol. The second-order valence-corrected chi connectivity index (χ2v) is 16.9. The van der Waals surface area contributed by atoms with E-state index in [1.807, 2.05) is 0 Å². The standard InChI is InChI=1S/C52H95NO5/c1-4-7-10-13-16-19-22-24-25-27-30-33-36-39-42-45-52(57)58-48(43-40-37-34-31-29-26-23-20-17-14-11-8-5-2)46-51(56)53-49(47-54)50(55)44-41-38-35-32-28-21-18-15-12-9-6-3/h8,11,14,17,19-20,22-23,48-50,54-55H,4-7,9-10,12-13,15-16,18,21,24-47H2,1-3H3,(H,53,56)/b11-8+,17-14+,22-19-,23-20+. The second kappa shape index (κ2) is 45.9. The molecule has 0 aromatic heterocycles. The topological polar surface area (TPSA) is 95.9 Å². The van der Waals surface area contributed by atoms with E-state index in [4.69, 9.17) is 4.74 Å². The Hall–Kier alpha value is -2.18. The first-order valence-corrected chi connectivity index (χ1v) is 24.9. The van der Waals surface area contributed by atoms with Crippen molar-refractivity contribution in [2.75, 3.05) is 6.61 Å². The van der Waals surface area contributed by atoms with Crippen LogP contribution in [-0.2, 0) is 14.3 Å². The number of amides is 1. The number of rotatable bonds is 44. The summed E-state index contributed by atoms with van der Waals surface area (Å²) >= 11 is 0. The van der Waals surface area contributed by atoms with Crippen LogP contribution in [0.25, 0.3) is 0 Å². The highest BCUT2D eigenvalue weighted by molar-refractivity contribution is 5.77. The molecule has 0 aliphatic heterocycles. The maximum Gasteiger partial charge on any atom is 0.306 e. The third-order valence-electron chi connectivity index (χ3n) is 11.2. The van der Waals surface area contributed by atoms with E-state index in [1.54, 1.807) is 0 Å². The molecule has 0 aromatic carbocycles. The molecule has 0 saturated heterocycles. The number of hydrogen-bond donors (Lipinski definition) is 3. The normalized spacial score (nSPS) is 13.7. The molecule has 0 heterocycles. The Kier molecular flexibility index (Phi) is 44.2. The highest BCUT2D eigenvalue weighted by Crippen LogP contribution is 2.18. The molecule has 0 aliphatic carbocycles. The molecule has 6 nitrogen and oxygen atoms in total. The lowest BCUT2D eigenvalue weighted by molar-refractivity contribution is -0.151. The number of carbonyl (C=O) groups excluding carboxylic acids is 2. The van der Waals surface area contributed by atoms with Crippen molar-refractivity contribution < 1.29 is 24.5 Å². The van der Waals surface area contributed by atoms with E-state index >= 15 is 0 Å². The van der Waals surface area contributed by atoms with Crippen molar-refractivity contribution in [2.45, 2.75) is 264 Å². The summed E-state index contributed by atoms with van der Waals surface area (Å²) in [5.74, 6) is -0.496. The van der Waals surface area contributed by atoms with Crippen LogP contribution >= 0.6 is 0 Å². The minimum atomic E-state index is -0.792. The van der Waals surface area contributed by atoms with Crippen molar-refractivity contribution >= 4 is 11.9 Å². The summed E-state index contributed by atoms with van der Waals surface area (Å²) in [5.41, 5.74) is 0. The number of carbonyl (C=O) groups is 2. The van der Waals surface area contributed by atoms with Gasteiger partial charge in [0.15, 0.2) is 0 Å². The van der Waals surface area contributed by atoms with Crippen LogP contribution in [0, 0.1) is 0 Å². The van der Waals surface area contributed by atoms with Crippen LogP contribution < -0.4 is 5.32 Å². The van der Waals surface area contributed by atoms with E-state index in [0.717, 1.165) is 83.5 Å². The van der Waals surface area contributed by atoms with E-state index in [9.17, 15) is 19.8 Å². The molecule has 0 saturated carbocycles. The van der Waals surface area contributed by atoms with Crippen LogP contribution in [0.15, 0.2) is 48.6 Å². The minimum Gasteiger partial charge on any atom is -0.462 e. The maximum absolute atomic E-state index is 13.2. The molecule has 0 fully saturated rings. The molecular weight excluding hydrogens is 719 g/mol. The van der Waals surface area contributed by atoms with Gasteiger partial charge < -0.3 is 20.3 Å². The molecule has 1 amide bonds. The number of aliphatic hydroxyl groups excluding tert-OH is 2. The third-order valence-corrected chi connectivity index (χ3v) is 11.2. The molecule has 58 heavy (non-hydrogen) atoms. The third kappa shape index (κ3) is 40.6. The minimum absolute atomic E-state index is 0.0627. The Morgan fingerprint density at radius 1 is 0.517 bits per heavy atom. The number of esters is 1. The van der Waals surface area contributed by atoms with Crippen molar-refractivity contribution in [2.24, 2.45) is 0 Å². The van der Waals surface area contributed by atoms with Crippen LogP contribution in [0.3, 0.4) is 0 Å². The van der Waals surface area contributed by atoms with Crippen LogP contribution in [0.2, 0.25) is 0 Å². The number of unbranched alkanes of at least 4 members (excludes halogenated alkanes) is 26. The molecule has 3 unspecified atom stereocenters. The van der Waals surface area contributed by atoms with Crippen LogP contribution in [0.1, 0.15) is 245 Å². The van der Waals surface area contributed by atoms with E-state index in [-0.39, 0.29) is 24.9 Å². The van der Waals surface area contributed by atoms with Crippen molar-refractivity contribution in [3.05, 3.63) is 48.6 Å². The first-order chi connectivity index (χ1) is 28.5. The van der Waals surface area contributed by atoms with Gasteiger partial charge in [-0.2, -0.15) is 0 Å². The second-order valence-electron chi connectivity index (χ2n) is 16.9. The SMILES string of the molecule is CC/C=C/C=C/C=C/CCCCCCCC(CC(=O)NC(CO)C(O)CCCCCCCCCCCCC)OC(=O)CCCCCCCCC/C=C\CCCCCC. The molecular formula is C52H95NO5. The van der Waals surface area contributed by atoms with Crippen molar-refractivity contribution in [3.8, 4) is 0 Å². The van der Waals surface area contributed by atoms with Gasteiger partial charge in [0, 0.05) is 6.42 Å². The Bertz CT molecular complexity index is 1000. The van der Waals surface area contributed by atoms with E-state index in [2.05, 4.69) is 74.7 Å². The highest BCUT2D eigenvalue weighted by Gasteiger charge is 2.24. The zero-order valence-corrected chi connectivity index (χ0v) is 38.4. The molecule has 6 heteroatoms. The summed E-state index contributed by atoms with van der Waals surface area (Å²) in [5, 5.41) is 23.7. The zero-order chi connectivity index (χ0) is 42.4. The van der Waals surface area contributed by atoms with Crippen molar-refractivity contribution in [3.63, 3.8) is 0 Å². The van der Waals surface area contributed by atoms with Crippen LogP contribution in [-0.4, -0.2) is 46.9 Å². The predicted octanol–water partition coefficient (Wildman–Crippen LogP) is 14.7. The number of hydrogen-bond acceptors (Lipinski definition) is 5. The number of nitrogens with one attached hydrogen (secondary N) is 1. The molecule has 0 aliphatic rings. The van der Waals surface area contributed by atoms with Gasteiger partial charge in [0.05, 0.1) is 25.2 Å². The quantitative estimate of drug-likeness (QED) is 0.0246. The molecule has 0 rings (SSSR count). The molecule has 0 radical (unpaired) electrons. The molecule has 3 N–H and O–H groups in total. The number of ether oxygens (including phenoxy) is 1. The maximum atomic E-state index is 13.2. The van der Waals surface area contributed by atoms with Crippen molar-refractivity contribution in [1.29, 1.82) is 0 Å². The van der Waals surface area contributed by atoms with Gasteiger partial charge in [-0.1, -0.05) is 211 Å². The highest BCUT2D eigenvalue weighted by atomic mass is 16.5. The Morgan fingerprint density at radius 3 is 1.47 bits per heavy atom. The average Bonchev–Trinajstić information content (AvgIpc) is 3.22. The van der Waals surface area contributed by atoms with Gasteiger partial charge in [0.2, 0.25) is 5.91 Å². The van der Waals surface area contributed by atoms with Crippen molar-refractivity contribution in [1.82, 2.24) is 5.32 Å². The first-order valence-electron chi connectivity index (χ1n) is 24.9. The molecule has 0 spiro atoms. The monoisotopic (exact) mass is 814 g/mol. The smallest absolute Gasteiger partial charge is 0.306 e. The van der Waals surface area contributed by atoms with Gasteiger partial charge in [-0.3, -0.25) is 9.59 Å². The summed E-state index contributed by atoms with van der Waals surface area (Å²) in [7, 11) is 0. The van der Waals surface area contributed by atoms with Crippen LogP contribution in [0.4, 0.5) is 0 Å². The summed E-state index contributed by atoms with van der Waals surface area (Å²) in [4.78, 5) is 26.1. The zero-order valence-electron chi connectivity index (χ0n) is 38.4. The Balaban J connectivity index is 4.60. The van der Waals surface area contributed by atoms with Crippen LogP contribution in [0.5, 0.6) is 0 Å². The molecule has 0 aromatic rings. The van der Waals surface area contributed by atoms with Gasteiger partial charge in [-0.25, -0.2) is 0 Å². The number of allylic oxidation sites excluding steroid dienone is 8. The summed E-state index contributed by atoms with van der Waals surface area (Å²) < 4.78 is 5.92. The summed E-state index contributed by atoms with van der Waals surface area (Å²) in [6, 6.07) is -0.707. The molecule has 3 atom stereocenters. The lowest BCUT2D eigenvalue weighted by Crippen LogP contribution is -2.46. The fraction of sp³-hybridized carbons (Fsp3) is 0.808. The lowest BCUT2D eigenvalue weighted by Gasteiger charge is -2.24. The van der Waals surface area contributed by atoms with Gasteiger partial charge in [0.1, 0.15) is 6.10 Å². The summed E-state index contributed by atoms with van der Waals surface area (Å²) in [6.45, 7) is 6.33. The van der Waals surface area contributed by atoms with E-state index in [0.29, 0.717) is 19.3 Å². The van der Waals surface area contributed by atoms with Gasteiger partial charge in [0.25, 0.3) is 0 Å². The molecule has 338 valence electrons. The lowest BCUT2D eigenvalue weighted by atomic mass is 10.0. The van der Waals surface area contributed by atoms with Gasteiger partial charge in [-0.05, 0) is 70.6 Å². The van der Waals surface area contributed by atoms with Gasteiger partial charge in [-0.15, -0.1) is 0 Å². The van der Waals surface area contributed by atoms with Gasteiger partial charge >= 0.3 is 5.97 Å². The fourth-order valence-corrected chi connectivity index (χ4v) is 7.42.